The van der Waals surface area contributed by atoms with Gasteiger partial charge in [0.1, 0.15) is 11.5 Å². The van der Waals surface area contributed by atoms with E-state index in [1.54, 1.807) is 0 Å². The van der Waals surface area contributed by atoms with Crippen LogP contribution in [0.1, 0.15) is 5.69 Å². The smallest absolute Gasteiger partial charge is 0.332 e. The minimum Gasteiger partial charge on any atom is -0.368 e. The van der Waals surface area contributed by atoms with Crippen molar-refractivity contribution in [3.63, 3.8) is 0 Å². The van der Waals surface area contributed by atoms with Crippen LogP contribution >= 0.6 is 0 Å². The number of benzene rings is 1. The summed E-state index contributed by atoms with van der Waals surface area (Å²) in [5.41, 5.74) is 4.24. The predicted molar refractivity (Wildman–Crippen MR) is 67.4 cm³/mol. The Balaban J connectivity index is 2.54. The molecule has 1 heterocycles. The number of halogens is 3. The molecule has 1 aromatic carbocycles. The van der Waals surface area contributed by atoms with Gasteiger partial charge >= 0.3 is 5.69 Å². The Bertz CT molecular complexity index is 738. The molecule has 0 fully saturated rings. The van der Waals surface area contributed by atoms with Gasteiger partial charge in [0.25, 0.3) is 0 Å². The molecule has 0 spiro atoms. The van der Waals surface area contributed by atoms with Crippen LogP contribution in [0.4, 0.5) is 36.3 Å². The molecule has 0 saturated carbocycles. The van der Waals surface area contributed by atoms with Crippen molar-refractivity contribution in [1.29, 1.82) is 0 Å². The highest BCUT2D eigenvalue weighted by Crippen LogP contribution is 2.30. The molecule has 2 rings (SSSR count). The lowest BCUT2D eigenvalue weighted by molar-refractivity contribution is -0.385. The van der Waals surface area contributed by atoms with Gasteiger partial charge in [0, 0.05) is 12.1 Å². The van der Waals surface area contributed by atoms with Crippen LogP contribution in [0.15, 0.2) is 12.1 Å². The lowest BCUT2D eigenvalue weighted by Crippen LogP contribution is -2.08. The van der Waals surface area contributed by atoms with Gasteiger partial charge in [-0.1, -0.05) is 0 Å². The Kier molecular flexibility index (Phi) is 3.61. The van der Waals surface area contributed by atoms with E-state index in [0.29, 0.717) is 12.1 Å². The first-order valence-corrected chi connectivity index (χ1v) is 5.49. The number of hydrogen-bond acceptors (Lipinski definition) is 6. The van der Waals surface area contributed by atoms with Gasteiger partial charge in [-0.15, -0.1) is 0 Å². The van der Waals surface area contributed by atoms with Crippen LogP contribution in [0.2, 0.25) is 0 Å². The standard InChI is InChI=1S/C11H8F3N5O2/c1-4-9(19(20)21)10(18-11(15)16-4)17-8-3-6(13)5(12)2-7(8)14/h2-3H,1H3,(H3,15,16,17,18). The highest BCUT2D eigenvalue weighted by Gasteiger charge is 2.23. The van der Waals surface area contributed by atoms with Crippen LogP contribution in [0.3, 0.4) is 0 Å². The Morgan fingerprint density at radius 1 is 1.19 bits per heavy atom. The molecule has 110 valence electrons. The molecule has 0 amide bonds. The van der Waals surface area contributed by atoms with Gasteiger partial charge < -0.3 is 11.1 Å². The molecule has 1 aromatic heterocycles. The second kappa shape index (κ2) is 5.23. The summed E-state index contributed by atoms with van der Waals surface area (Å²) >= 11 is 0. The van der Waals surface area contributed by atoms with Crippen LogP contribution < -0.4 is 11.1 Å². The highest BCUT2D eigenvalue weighted by molar-refractivity contribution is 5.68. The molecule has 0 aliphatic carbocycles. The van der Waals surface area contributed by atoms with Gasteiger partial charge in [-0.25, -0.2) is 18.2 Å². The molecule has 0 aliphatic heterocycles. The minimum atomic E-state index is -1.38. The fourth-order valence-corrected chi connectivity index (χ4v) is 1.64. The SMILES string of the molecule is Cc1nc(N)nc(Nc2cc(F)c(F)cc2F)c1[N+](=O)[O-]. The van der Waals surface area contributed by atoms with Gasteiger partial charge in [0.15, 0.2) is 11.6 Å². The predicted octanol–water partition coefficient (Wildman–Crippen LogP) is 2.44. The van der Waals surface area contributed by atoms with Crippen LogP contribution in [-0.2, 0) is 0 Å². The maximum Gasteiger partial charge on any atom is 0.332 e. The lowest BCUT2D eigenvalue weighted by Gasteiger charge is -2.09. The first-order chi connectivity index (χ1) is 9.79. The molecule has 10 heteroatoms. The van der Waals surface area contributed by atoms with E-state index in [1.165, 1.54) is 6.92 Å². The monoisotopic (exact) mass is 299 g/mol. The number of rotatable bonds is 3. The topological polar surface area (TPSA) is 107 Å². The molecule has 3 N–H and O–H groups in total. The molecule has 0 saturated heterocycles. The fraction of sp³-hybridized carbons (Fsp3) is 0.0909. The van der Waals surface area contributed by atoms with E-state index in [2.05, 4.69) is 15.3 Å². The maximum absolute atomic E-state index is 13.5. The molecule has 0 atom stereocenters. The van der Waals surface area contributed by atoms with E-state index >= 15 is 0 Å². The Morgan fingerprint density at radius 3 is 2.43 bits per heavy atom. The van der Waals surface area contributed by atoms with E-state index < -0.39 is 39.6 Å². The number of anilines is 3. The van der Waals surface area contributed by atoms with Crippen LogP contribution in [0, 0.1) is 34.5 Å². The molecular weight excluding hydrogens is 291 g/mol. The third kappa shape index (κ3) is 2.83. The second-order valence-corrected chi connectivity index (χ2v) is 3.99. The minimum absolute atomic E-state index is 0.0574. The van der Waals surface area contributed by atoms with Gasteiger partial charge in [-0.3, -0.25) is 10.1 Å². The number of nitrogens with two attached hydrogens (primary N) is 1. The summed E-state index contributed by atoms with van der Waals surface area (Å²) in [7, 11) is 0. The highest BCUT2D eigenvalue weighted by atomic mass is 19.2. The van der Waals surface area contributed by atoms with E-state index in [9.17, 15) is 23.3 Å². The van der Waals surface area contributed by atoms with Crippen molar-refractivity contribution in [2.45, 2.75) is 6.92 Å². The Labute approximate surface area is 115 Å². The van der Waals surface area contributed by atoms with Crippen molar-refractivity contribution in [3.8, 4) is 0 Å². The third-order valence-electron chi connectivity index (χ3n) is 2.52. The first kappa shape index (κ1) is 14.5. The number of hydrogen-bond donors (Lipinski definition) is 2. The first-order valence-electron chi connectivity index (χ1n) is 5.49. The van der Waals surface area contributed by atoms with Gasteiger partial charge in [-0.05, 0) is 6.92 Å². The summed E-state index contributed by atoms with van der Waals surface area (Å²) in [4.78, 5) is 17.4. The average molecular weight is 299 g/mol. The van der Waals surface area contributed by atoms with E-state index in [-0.39, 0.29) is 11.6 Å². The van der Waals surface area contributed by atoms with E-state index in [0.717, 1.165) is 0 Å². The Hall–Kier alpha value is -2.91. The summed E-state index contributed by atoms with van der Waals surface area (Å²) in [6, 6.07) is 0.822. The molecule has 0 radical (unpaired) electrons. The summed E-state index contributed by atoms with van der Waals surface area (Å²) in [6.45, 7) is 1.31. The Morgan fingerprint density at radius 2 is 1.81 bits per heavy atom. The summed E-state index contributed by atoms with van der Waals surface area (Å²) in [5, 5.41) is 13.2. The number of nitrogens with zero attached hydrogens (tertiary/aromatic N) is 3. The second-order valence-electron chi connectivity index (χ2n) is 3.99. The zero-order valence-electron chi connectivity index (χ0n) is 10.5. The van der Waals surface area contributed by atoms with Crippen molar-refractivity contribution in [2.24, 2.45) is 0 Å². The summed E-state index contributed by atoms with van der Waals surface area (Å²) < 4.78 is 39.5. The summed E-state index contributed by atoms with van der Waals surface area (Å²) in [6.07, 6.45) is 0. The normalized spacial score (nSPS) is 10.5. The van der Waals surface area contributed by atoms with E-state index in [1.807, 2.05) is 0 Å². The molecule has 0 unspecified atom stereocenters. The molecular formula is C11H8F3N5O2. The van der Waals surface area contributed by atoms with Crippen LogP contribution in [0.5, 0.6) is 0 Å². The van der Waals surface area contributed by atoms with Crippen molar-refractivity contribution in [1.82, 2.24) is 9.97 Å². The number of aryl methyl sites for hydroxylation is 1. The zero-order valence-corrected chi connectivity index (χ0v) is 10.5. The fourth-order valence-electron chi connectivity index (χ4n) is 1.64. The van der Waals surface area contributed by atoms with Crippen molar-refractivity contribution >= 4 is 23.1 Å². The van der Waals surface area contributed by atoms with Crippen molar-refractivity contribution in [3.05, 3.63) is 45.4 Å². The van der Waals surface area contributed by atoms with Gasteiger partial charge in [0.2, 0.25) is 11.8 Å². The summed E-state index contributed by atoms with van der Waals surface area (Å²) in [5.74, 6) is -4.55. The van der Waals surface area contributed by atoms with Crippen molar-refractivity contribution < 1.29 is 18.1 Å². The largest absolute Gasteiger partial charge is 0.368 e. The van der Waals surface area contributed by atoms with Gasteiger partial charge in [-0.2, -0.15) is 4.98 Å². The molecule has 7 nitrogen and oxygen atoms in total. The van der Waals surface area contributed by atoms with Crippen LogP contribution in [0.25, 0.3) is 0 Å². The van der Waals surface area contributed by atoms with Crippen LogP contribution in [-0.4, -0.2) is 14.9 Å². The number of nitro groups is 1. The molecule has 0 bridgehead atoms. The van der Waals surface area contributed by atoms with Gasteiger partial charge in [0.05, 0.1) is 10.6 Å². The van der Waals surface area contributed by atoms with Crippen molar-refractivity contribution in [2.75, 3.05) is 11.1 Å². The zero-order chi connectivity index (χ0) is 15.7. The molecule has 0 aliphatic rings. The number of aromatic nitrogens is 2. The molecule has 21 heavy (non-hydrogen) atoms. The lowest BCUT2D eigenvalue weighted by atomic mass is 10.2. The quantitative estimate of drug-likeness (QED) is 0.512. The molecule has 2 aromatic rings. The average Bonchev–Trinajstić information content (AvgIpc) is 2.34. The number of nitrogens with one attached hydrogen (secondary N) is 1. The number of nitrogen functional groups attached to an aromatic ring is 1. The van der Waals surface area contributed by atoms with E-state index in [4.69, 9.17) is 5.73 Å². The maximum atomic E-state index is 13.5. The third-order valence-corrected chi connectivity index (χ3v) is 2.52.